The third-order valence-electron chi connectivity index (χ3n) is 6.57. The molecule has 0 aliphatic carbocycles. The highest BCUT2D eigenvalue weighted by atomic mass is 16.5. The van der Waals surface area contributed by atoms with Crippen LogP contribution in [0.15, 0.2) is 72.3 Å². The van der Waals surface area contributed by atoms with E-state index in [-0.39, 0.29) is 11.3 Å². The Bertz CT molecular complexity index is 1360. The number of rotatable bonds is 5. The Morgan fingerprint density at radius 1 is 1.08 bits per heavy atom. The summed E-state index contributed by atoms with van der Waals surface area (Å²) in [6, 6.07) is 19.1. The molecule has 0 radical (unpaired) electrons. The van der Waals surface area contributed by atoms with E-state index in [0.29, 0.717) is 48.1 Å². The van der Waals surface area contributed by atoms with Crippen molar-refractivity contribution < 1.29 is 24.2 Å². The van der Waals surface area contributed by atoms with Crippen LogP contribution in [-0.4, -0.2) is 43.6 Å². The summed E-state index contributed by atoms with van der Waals surface area (Å²) in [4.78, 5) is 30.3. The van der Waals surface area contributed by atoms with Gasteiger partial charge in [0.25, 0.3) is 11.7 Å². The predicted octanol–water partition coefficient (Wildman–Crippen LogP) is 4.85. The Balaban J connectivity index is 1.69. The van der Waals surface area contributed by atoms with E-state index in [9.17, 15) is 14.7 Å². The third kappa shape index (κ3) is 4.06. The summed E-state index contributed by atoms with van der Waals surface area (Å²) in [6.45, 7) is 5.61. The van der Waals surface area contributed by atoms with Crippen molar-refractivity contribution in [3.63, 3.8) is 0 Å². The summed E-state index contributed by atoms with van der Waals surface area (Å²) in [6.07, 6.45) is 0. The van der Waals surface area contributed by atoms with Crippen LogP contribution in [0.4, 0.5) is 11.4 Å². The summed E-state index contributed by atoms with van der Waals surface area (Å²) in [5, 5.41) is 11.5. The molecule has 1 saturated heterocycles. The van der Waals surface area contributed by atoms with Crippen molar-refractivity contribution >= 4 is 28.8 Å². The first-order valence-corrected chi connectivity index (χ1v) is 12.0. The number of ketones is 1. The lowest BCUT2D eigenvalue weighted by molar-refractivity contribution is -0.132. The predicted molar refractivity (Wildman–Crippen MR) is 139 cm³/mol. The topological polar surface area (TPSA) is 79.3 Å². The molecular weight excluding hydrogens is 456 g/mol. The zero-order valence-electron chi connectivity index (χ0n) is 20.5. The summed E-state index contributed by atoms with van der Waals surface area (Å²) in [5.74, 6) is -0.317. The van der Waals surface area contributed by atoms with Gasteiger partial charge < -0.3 is 19.5 Å². The Morgan fingerprint density at radius 3 is 2.61 bits per heavy atom. The van der Waals surface area contributed by atoms with E-state index in [1.165, 1.54) is 4.90 Å². The number of ether oxygens (including phenoxy) is 2. The minimum absolute atomic E-state index is 0.0357. The number of nitrogens with zero attached hydrogens (tertiary/aromatic N) is 2. The summed E-state index contributed by atoms with van der Waals surface area (Å²) in [5.41, 5.74) is 3.57. The average Bonchev–Trinajstić information content (AvgIpc) is 3.15. The molecule has 0 bridgehead atoms. The van der Waals surface area contributed by atoms with E-state index in [4.69, 9.17) is 9.47 Å². The summed E-state index contributed by atoms with van der Waals surface area (Å²) >= 11 is 0. The van der Waals surface area contributed by atoms with E-state index < -0.39 is 17.7 Å². The van der Waals surface area contributed by atoms with E-state index in [1.54, 1.807) is 18.2 Å². The van der Waals surface area contributed by atoms with Crippen LogP contribution in [0.1, 0.15) is 29.7 Å². The number of carbonyl (C=O) groups excluding carboxylic acids is 2. The number of Topliss-reactive ketones (excluding diaryl/α,β-unsaturated/α-hetero) is 1. The van der Waals surface area contributed by atoms with Gasteiger partial charge in [-0.15, -0.1) is 0 Å². The van der Waals surface area contributed by atoms with Gasteiger partial charge in [0, 0.05) is 18.3 Å². The number of aryl methyl sites for hydroxylation is 1. The molecule has 1 unspecified atom stereocenters. The second-order valence-corrected chi connectivity index (χ2v) is 8.96. The number of aliphatic hydroxyl groups is 1. The van der Waals surface area contributed by atoms with Crippen LogP contribution in [0.3, 0.4) is 0 Å². The number of benzene rings is 3. The zero-order chi connectivity index (χ0) is 25.4. The Kier molecular flexibility index (Phi) is 6.14. The van der Waals surface area contributed by atoms with Crippen LogP contribution >= 0.6 is 0 Å². The molecule has 184 valence electrons. The molecule has 1 N–H and O–H groups in total. The SMILES string of the molecule is CCOc1cccc(C2/C(=C(/O)c3ccc4c(c3)N(C)CCO4)C(=O)C(=O)N2c2ccc(C)cc2)c1. The number of anilines is 2. The fourth-order valence-corrected chi connectivity index (χ4v) is 4.71. The lowest BCUT2D eigenvalue weighted by Crippen LogP contribution is -2.29. The standard InChI is InChI=1S/C29H28N2O5/c1-4-35-22-7-5-6-19(16-22)26-25(28(33)29(34)31(26)21-11-8-18(2)9-12-21)27(32)20-10-13-24-23(17-20)30(3)14-15-36-24/h5-13,16-17,26,32H,4,14-15H2,1-3H3/b27-25-. The lowest BCUT2D eigenvalue weighted by Gasteiger charge is -2.28. The maximum absolute atomic E-state index is 13.4. The van der Waals surface area contributed by atoms with E-state index in [0.717, 1.165) is 11.3 Å². The molecule has 7 heteroatoms. The minimum Gasteiger partial charge on any atom is -0.507 e. The minimum atomic E-state index is -0.821. The molecule has 2 aliphatic rings. The normalized spacial score (nSPS) is 18.7. The molecule has 0 saturated carbocycles. The molecule has 7 nitrogen and oxygen atoms in total. The lowest BCUT2D eigenvalue weighted by atomic mass is 9.94. The monoisotopic (exact) mass is 484 g/mol. The smallest absolute Gasteiger partial charge is 0.300 e. The van der Waals surface area contributed by atoms with Crippen LogP contribution in [-0.2, 0) is 9.59 Å². The quantitative estimate of drug-likeness (QED) is 0.317. The first-order chi connectivity index (χ1) is 17.4. The van der Waals surface area contributed by atoms with Crippen LogP contribution in [0.5, 0.6) is 11.5 Å². The second kappa shape index (κ2) is 9.41. The number of carbonyl (C=O) groups is 2. The average molecular weight is 485 g/mol. The molecule has 0 aromatic heterocycles. The van der Waals surface area contributed by atoms with Crippen molar-refractivity contribution in [1.29, 1.82) is 0 Å². The molecule has 1 fully saturated rings. The molecule has 1 atom stereocenters. The van der Waals surface area contributed by atoms with Crippen LogP contribution < -0.4 is 19.3 Å². The van der Waals surface area contributed by atoms with Gasteiger partial charge in [-0.25, -0.2) is 0 Å². The Hall–Kier alpha value is -4.26. The molecule has 2 aliphatic heterocycles. The van der Waals surface area contributed by atoms with Crippen LogP contribution in [0.25, 0.3) is 5.76 Å². The van der Waals surface area contributed by atoms with Gasteiger partial charge in [0.15, 0.2) is 0 Å². The van der Waals surface area contributed by atoms with Gasteiger partial charge in [0.2, 0.25) is 0 Å². The molecule has 1 amide bonds. The van der Waals surface area contributed by atoms with Crippen molar-refractivity contribution in [1.82, 2.24) is 0 Å². The van der Waals surface area contributed by atoms with Crippen molar-refractivity contribution in [2.45, 2.75) is 19.9 Å². The largest absolute Gasteiger partial charge is 0.507 e. The van der Waals surface area contributed by atoms with Gasteiger partial charge in [0.05, 0.1) is 30.5 Å². The van der Waals surface area contributed by atoms with Gasteiger partial charge in [-0.1, -0.05) is 29.8 Å². The highest BCUT2D eigenvalue weighted by molar-refractivity contribution is 6.51. The number of hydrogen-bond donors (Lipinski definition) is 1. The zero-order valence-corrected chi connectivity index (χ0v) is 20.5. The van der Waals surface area contributed by atoms with E-state index in [2.05, 4.69) is 0 Å². The second-order valence-electron chi connectivity index (χ2n) is 8.96. The molecule has 0 spiro atoms. The molecule has 36 heavy (non-hydrogen) atoms. The summed E-state index contributed by atoms with van der Waals surface area (Å²) in [7, 11) is 1.95. The van der Waals surface area contributed by atoms with Gasteiger partial charge in [-0.05, 0) is 61.9 Å². The van der Waals surface area contributed by atoms with Gasteiger partial charge in [-0.2, -0.15) is 0 Å². The van der Waals surface area contributed by atoms with Gasteiger partial charge in [0.1, 0.15) is 23.9 Å². The Morgan fingerprint density at radius 2 is 1.86 bits per heavy atom. The number of amides is 1. The van der Waals surface area contributed by atoms with Crippen molar-refractivity contribution in [2.75, 3.05) is 36.6 Å². The van der Waals surface area contributed by atoms with E-state index in [1.807, 2.05) is 74.3 Å². The van der Waals surface area contributed by atoms with Gasteiger partial charge in [-0.3, -0.25) is 14.5 Å². The third-order valence-corrected chi connectivity index (χ3v) is 6.57. The Labute approximate surface area is 210 Å². The van der Waals surface area contributed by atoms with Crippen molar-refractivity contribution in [3.05, 3.63) is 89.0 Å². The van der Waals surface area contributed by atoms with Gasteiger partial charge >= 0.3 is 0 Å². The summed E-state index contributed by atoms with van der Waals surface area (Å²) < 4.78 is 11.4. The maximum atomic E-state index is 13.4. The first kappa shape index (κ1) is 23.5. The van der Waals surface area contributed by atoms with Crippen LogP contribution in [0, 0.1) is 6.92 Å². The van der Waals surface area contributed by atoms with Crippen molar-refractivity contribution in [3.8, 4) is 11.5 Å². The number of hydrogen-bond acceptors (Lipinski definition) is 6. The van der Waals surface area contributed by atoms with E-state index >= 15 is 0 Å². The van der Waals surface area contributed by atoms with Crippen molar-refractivity contribution in [2.24, 2.45) is 0 Å². The number of likely N-dealkylation sites (N-methyl/N-ethyl adjacent to an activating group) is 1. The maximum Gasteiger partial charge on any atom is 0.300 e. The number of fused-ring (bicyclic) bond motifs is 1. The molecule has 3 aromatic rings. The molecule has 3 aromatic carbocycles. The first-order valence-electron chi connectivity index (χ1n) is 12.0. The highest BCUT2D eigenvalue weighted by Gasteiger charge is 2.47. The molecule has 5 rings (SSSR count). The highest BCUT2D eigenvalue weighted by Crippen LogP contribution is 2.44. The molecular formula is C29H28N2O5. The number of aliphatic hydroxyl groups excluding tert-OH is 1. The fraction of sp³-hybridized carbons (Fsp3) is 0.241. The van der Waals surface area contributed by atoms with Crippen LogP contribution in [0.2, 0.25) is 0 Å². The molecule has 2 heterocycles. The fourth-order valence-electron chi connectivity index (χ4n) is 4.71.